The van der Waals surface area contributed by atoms with Crippen LogP contribution in [0.15, 0.2) is 58.8 Å². The van der Waals surface area contributed by atoms with Crippen LogP contribution >= 0.6 is 11.3 Å². The van der Waals surface area contributed by atoms with Gasteiger partial charge in [-0.15, -0.1) is 11.3 Å². The van der Waals surface area contributed by atoms with Crippen molar-refractivity contribution < 1.29 is 19.3 Å². The third-order valence-corrected chi connectivity index (χ3v) is 7.19. The zero-order valence-electron chi connectivity index (χ0n) is 20.0. The molecular formula is C27H23N3O4S. The summed E-state index contributed by atoms with van der Waals surface area (Å²) in [5.41, 5.74) is 5.31. The molecule has 35 heavy (non-hydrogen) atoms. The van der Waals surface area contributed by atoms with Crippen molar-refractivity contribution in [3.8, 4) is 0 Å². The van der Waals surface area contributed by atoms with Gasteiger partial charge in [-0.3, -0.25) is 0 Å². The van der Waals surface area contributed by atoms with Gasteiger partial charge in [-0.25, -0.2) is 9.59 Å². The van der Waals surface area contributed by atoms with Crippen molar-refractivity contribution in [3.05, 3.63) is 59.7 Å². The first-order chi connectivity index (χ1) is 16.7. The third-order valence-electron chi connectivity index (χ3n) is 6.05. The fourth-order valence-corrected chi connectivity index (χ4v) is 5.41. The first kappa shape index (κ1) is 22.7. The van der Waals surface area contributed by atoms with Gasteiger partial charge in [0.1, 0.15) is 0 Å². The molecule has 2 heterocycles. The molecular weight excluding hydrogens is 462 g/mol. The predicted octanol–water partition coefficient (Wildman–Crippen LogP) is 6.27. The minimum absolute atomic E-state index is 0.444. The molecule has 0 aliphatic carbocycles. The summed E-state index contributed by atoms with van der Waals surface area (Å²) in [6.07, 6.45) is 0. The molecule has 0 atom stereocenters. The summed E-state index contributed by atoms with van der Waals surface area (Å²) in [6, 6.07) is 16.8. The van der Waals surface area contributed by atoms with E-state index in [1.165, 1.54) is 28.6 Å². The Labute approximate surface area is 205 Å². The Bertz CT molecular complexity index is 1740. The highest BCUT2D eigenvalue weighted by Crippen LogP contribution is 2.39. The number of fused-ring (bicyclic) bond motifs is 6. The Morgan fingerprint density at radius 3 is 1.86 bits per heavy atom. The molecule has 7 nitrogen and oxygen atoms in total. The molecule has 5 aromatic rings. The molecule has 176 valence electrons. The number of hydrogen-bond acceptors (Lipinski definition) is 7. The summed E-state index contributed by atoms with van der Waals surface area (Å²) in [5.74, 6) is -0.890. The maximum Gasteiger partial charge on any atom is 0.331 e. The molecule has 0 saturated carbocycles. The normalized spacial score (nSPS) is 12.7. The number of hydrogen-bond donors (Lipinski definition) is 0. The summed E-state index contributed by atoms with van der Waals surface area (Å²) in [6.45, 7) is 6.31. The smallest absolute Gasteiger partial charge is 0.331 e. The second-order valence-corrected chi connectivity index (χ2v) is 9.57. The Morgan fingerprint density at radius 2 is 1.23 bits per heavy atom. The van der Waals surface area contributed by atoms with E-state index in [0.717, 1.165) is 38.3 Å². The van der Waals surface area contributed by atoms with Gasteiger partial charge >= 0.3 is 11.9 Å². The number of carbonyl (C=O) groups is 2. The Hall–Kier alpha value is -4.04. The average molecular weight is 486 g/mol. The van der Waals surface area contributed by atoms with E-state index >= 15 is 0 Å². The summed E-state index contributed by atoms with van der Waals surface area (Å²) in [7, 11) is 2.06. The molecule has 0 amide bonds. The van der Waals surface area contributed by atoms with Crippen molar-refractivity contribution in [1.29, 1.82) is 0 Å². The first-order valence-corrected chi connectivity index (χ1v) is 11.9. The van der Waals surface area contributed by atoms with Gasteiger partial charge in [0, 0.05) is 62.9 Å². The molecule has 0 aliphatic heterocycles. The van der Waals surface area contributed by atoms with Gasteiger partial charge < -0.3 is 14.2 Å². The molecule has 0 bridgehead atoms. The van der Waals surface area contributed by atoms with Crippen molar-refractivity contribution >= 4 is 76.7 Å². The van der Waals surface area contributed by atoms with E-state index in [2.05, 4.69) is 58.3 Å². The van der Waals surface area contributed by atoms with E-state index < -0.39 is 11.9 Å². The molecule has 0 aliphatic rings. The molecule has 0 spiro atoms. The number of aryl methyl sites for hydroxylation is 1. The van der Waals surface area contributed by atoms with Gasteiger partial charge in [0.2, 0.25) is 0 Å². The van der Waals surface area contributed by atoms with E-state index in [1.807, 2.05) is 26.0 Å². The van der Waals surface area contributed by atoms with Crippen LogP contribution in [0.5, 0.6) is 0 Å². The van der Waals surface area contributed by atoms with Crippen LogP contribution in [-0.2, 0) is 26.3 Å². The number of thiophene rings is 1. The summed E-state index contributed by atoms with van der Waals surface area (Å²) in [5, 5.41) is 12.4. The van der Waals surface area contributed by atoms with Crippen LogP contribution in [0.25, 0.3) is 42.0 Å². The fraction of sp³-hybridized carbons (Fsp3) is 0.185. The van der Waals surface area contributed by atoms with Gasteiger partial charge in [0.15, 0.2) is 0 Å². The molecule has 0 unspecified atom stereocenters. The predicted molar refractivity (Wildman–Crippen MR) is 141 cm³/mol. The van der Waals surface area contributed by atoms with Crippen LogP contribution in [0.3, 0.4) is 0 Å². The second kappa shape index (κ2) is 8.63. The molecule has 0 N–H and O–H groups in total. The first-order valence-electron chi connectivity index (χ1n) is 11.1. The molecule has 3 aromatic carbocycles. The Balaban J connectivity index is 1.68. The Morgan fingerprint density at radius 1 is 0.686 bits per heavy atom. The summed E-state index contributed by atoms with van der Waals surface area (Å²) in [4.78, 5) is 31.9. The largest absolute Gasteiger partial charge is 0.344 e. The SMILES string of the molecule is CC(=O)ON=C(C)c1ccc2sc3cc4c5cc(C(C)=NOC(C)=O)ccc5n(C)c4cc3c2c1. The van der Waals surface area contributed by atoms with Crippen LogP contribution in [0, 0.1) is 0 Å². The second-order valence-electron chi connectivity index (χ2n) is 8.49. The topological polar surface area (TPSA) is 82.2 Å². The standard InChI is InChI=1S/C27H23N3O4S/c1-14(28-33-16(3)31)18-6-8-24-20(10-18)21-13-27-23(12-25(21)30(24)5)22-11-19(7-9-26(22)35-27)15(2)29-34-17(4)32/h6-13H,1-5H3. The number of nitrogens with zero attached hydrogens (tertiary/aromatic N) is 3. The zero-order valence-corrected chi connectivity index (χ0v) is 20.8. The lowest BCUT2D eigenvalue weighted by Gasteiger charge is -2.02. The van der Waals surface area contributed by atoms with Crippen LogP contribution in [-0.4, -0.2) is 27.9 Å². The van der Waals surface area contributed by atoms with Crippen LogP contribution in [0.1, 0.15) is 38.8 Å². The van der Waals surface area contributed by atoms with Gasteiger partial charge in [0.05, 0.1) is 11.4 Å². The van der Waals surface area contributed by atoms with Gasteiger partial charge in [0.25, 0.3) is 0 Å². The van der Waals surface area contributed by atoms with Crippen LogP contribution in [0.4, 0.5) is 0 Å². The quantitative estimate of drug-likeness (QED) is 0.171. The average Bonchev–Trinajstić information content (AvgIpc) is 3.33. The van der Waals surface area contributed by atoms with Crippen molar-refractivity contribution in [2.24, 2.45) is 17.4 Å². The molecule has 2 aromatic heterocycles. The van der Waals surface area contributed by atoms with Crippen molar-refractivity contribution in [3.63, 3.8) is 0 Å². The highest BCUT2D eigenvalue weighted by Gasteiger charge is 2.15. The van der Waals surface area contributed by atoms with Gasteiger partial charge in [-0.2, -0.15) is 0 Å². The lowest BCUT2D eigenvalue weighted by atomic mass is 10.0. The zero-order chi connectivity index (χ0) is 24.9. The van der Waals surface area contributed by atoms with Gasteiger partial charge in [-0.1, -0.05) is 22.4 Å². The fourth-order valence-electron chi connectivity index (χ4n) is 4.30. The van der Waals surface area contributed by atoms with E-state index in [4.69, 9.17) is 9.68 Å². The van der Waals surface area contributed by atoms with Crippen LogP contribution < -0.4 is 0 Å². The van der Waals surface area contributed by atoms with Crippen LogP contribution in [0.2, 0.25) is 0 Å². The highest BCUT2D eigenvalue weighted by molar-refractivity contribution is 7.25. The number of benzene rings is 3. The summed E-state index contributed by atoms with van der Waals surface area (Å²) < 4.78 is 4.55. The van der Waals surface area contributed by atoms with E-state index in [0.29, 0.717) is 11.4 Å². The monoisotopic (exact) mass is 485 g/mol. The maximum atomic E-state index is 11.1. The lowest BCUT2D eigenvalue weighted by molar-refractivity contribution is -0.141. The minimum Gasteiger partial charge on any atom is -0.344 e. The molecule has 0 fully saturated rings. The molecule has 8 heteroatoms. The van der Waals surface area contributed by atoms with E-state index in [9.17, 15) is 9.59 Å². The maximum absolute atomic E-state index is 11.1. The van der Waals surface area contributed by atoms with Crippen molar-refractivity contribution in [2.45, 2.75) is 27.7 Å². The van der Waals surface area contributed by atoms with E-state index in [-0.39, 0.29) is 0 Å². The molecule has 0 radical (unpaired) electrons. The Kier molecular flexibility index (Phi) is 5.61. The van der Waals surface area contributed by atoms with Crippen molar-refractivity contribution in [1.82, 2.24) is 4.57 Å². The number of rotatable bonds is 4. The minimum atomic E-state index is -0.446. The number of aromatic nitrogens is 1. The van der Waals surface area contributed by atoms with E-state index in [1.54, 1.807) is 11.3 Å². The van der Waals surface area contributed by atoms with Crippen molar-refractivity contribution in [2.75, 3.05) is 0 Å². The lowest BCUT2D eigenvalue weighted by Crippen LogP contribution is -1.99. The van der Waals surface area contributed by atoms with Gasteiger partial charge in [-0.05, 0) is 61.4 Å². The molecule has 5 rings (SSSR count). The summed E-state index contributed by atoms with van der Waals surface area (Å²) >= 11 is 1.74. The third kappa shape index (κ3) is 4.06. The number of carbonyl (C=O) groups excluding carboxylic acids is 2. The highest BCUT2D eigenvalue weighted by atomic mass is 32.1. The number of oxime groups is 2. The molecule has 0 saturated heterocycles.